The van der Waals surface area contributed by atoms with Crippen molar-refractivity contribution in [3.63, 3.8) is 0 Å². The molecule has 1 aliphatic carbocycles. The van der Waals surface area contributed by atoms with Gasteiger partial charge in [-0.2, -0.15) is 4.31 Å². The first kappa shape index (κ1) is 20.1. The van der Waals surface area contributed by atoms with E-state index in [0.717, 1.165) is 0 Å². The second-order valence-corrected chi connectivity index (χ2v) is 9.30. The molecule has 1 heterocycles. The van der Waals surface area contributed by atoms with Gasteiger partial charge in [0.25, 0.3) is 0 Å². The topological polar surface area (TPSA) is 107 Å². The number of nitrogens with zero attached hydrogens (tertiary/aromatic N) is 2. The zero-order valence-corrected chi connectivity index (χ0v) is 16.0. The van der Waals surface area contributed by atoms with Crippen molar-refractivity contribution in [2.45, 2.75) is 58.2 Å². The lowest BCUT2D eigenvalue weighted by molar-refractivity contribution is -0.140. The summed E-state index contributed by atoms with van der Waals surface area (Å²) in [5, 5.41) is 11.9. The molecule has 1 unspecified atom stereocenters. The molecular formula is C16H29N3O5S. The molecule has 144 valence electrons. The molecule has 1 saturated heterocycles. The first-order chi connectivity index (χ1) is 11.7. The fraction of sp³-hybridized carbons (Fsp3) is 0.875. The van der Waals surface area contributed by atoms with Crippen LogP contribution in [0.4, 0.5) is 0 Å². The van der Waals surface area contributed by atoms with Gasteiger partial charge in [0.2, 0.25) is 15.9 Å². The molecule has 0 aromatic rings. The number of amides is 1. The van der Waals surface area contributed by atoms with Crippen LogP contribution in [0.25, 0.3) is 0 Å². The van der Waals surface area contributed by atoms with Gasteiger partial charge in [-0.1, -0.05) is 20.8 Å². The minimum absolute atomic E-state index is 0.00245. The zero-order chi connectivity index (χ0) is 18.8. The molecule has 2 rings (SSSR count). The van der Waals surface area contributed by atoms with Gasteiger partial charge in [0.15, 0.2) is 0 Å². The second-order valence-electron chi connectivity index (χ2n) is 7.26. The predicted octanol–water partition coefficient (Wildman–Crippen LogP) is 0.100. The van der Waals surface area contributed by atoms with Gasteiger partial charge in [-0.15, -0.1) is 0 Å². The van der Waals surface area contributed by atoms with Gasteiger partial charge in [0.1, 0.15) is 6.04 Å². The molecule has 2 fully saturated rings. The number of likely N-dealkylation sites (N-methyl/N-ethyl adjacent to an activating group) is 1. The van der Waals surface area contributed by atoms with Crippen LogP contribution < -0.4 is 5.32 Å². The van der Waals surface area contributed by atoms with E-state index < -0.39 is 22.0 Å². The molecule has 9 heteroatoms. The summed E-state index contributed by atoms with van der Waals surface area (Å²) in [7, 11) is -3.34. The Labute approximate surface area is 149 Å². The van der Waals surface area contributed by atoms with E-state index in [4.69, 9.17) is 5.11 Å². The molecule has 2 N–H and O–H groups in total. The number of rotatable bonds is 8. The van der Waals surface area contributed by atoms with Gasteiger partial charge in [-0.3, -0.25) is 14.5 Å². The summed E-state index contributed by atoms with van der Waals surface area (Å²) in [5.41, 5.74) is 0. The molecule has 8 nitrogen and oxygen atoms in total. The Morgan fingerprint density at radius 3 is 2.40 bits per heavy atom. The molecule has 0 radical (unpaired) electrons. The van der Waals surface area contributed by atoms with E-state index in [1.165, 1.54) is 4.31 Å². The van der Waals surface area contributed by atoms with Gasteiger partial charge in [0.05, 0.1) is 12.3 Å². The number of carbonyl (C=O) groups is 2. The first-order valence-electron chi connectivity index (χ1n) is 8.91. The highest BCUT2D eigenvalue weighted by molar-refractivity contribution is 7.89. The lowest BCUT2D eigenvalue weighted by atomic mass is 9.85. The van der Waals surface area contributed by atoms with E-state index in [-0.39, 0.29) is 36.2 Å². The summed E-state index contributed by atoms with van der Waals surface area (Å²) in [5.74, 6) is -1.10. The highest BCUT2D eigenvalue weighted by Gasteiger charge is 2.42. The number of carboxylic acids is 1. The summed E-state index contributed by atoms with van der Waals surface area (Å²) >= 11 is 0. The Morgan fingerprint density at radius 1 is 1.32 bits per heavy atom. The Morgan fingerprint density at radius 2 is 1.96 bits per heavy atom. The van der Waals surface area contributed by atoms with E-state index in [0.29, 0.717) is 32.4 Å². The largest absolute Gasteiger partial charge is 0.480 e. The van der Waals surface area contributed by atoms with Gasteiger partial charge in [-0.05, 0) is 31.7 Å². The van der Waals surface area contributed by atoms with Crippen LogP contribution in [0.2, 0.25) is 0 Å². The summed E-state index contributed by atoms with van der Waals surface area (Å²) < 4.78 is 25.6. The Bertz CT molecular complexity index is 601. The predicted molar refractivity (Wildman–Crippen MR) is 93.6 cm³/mol. The number of sulfonamides is 1. The van der Waals surface area contributed by atoms with Crippen LogP contribution in [0, 0.1) is 5.92 Å². The maximum absolute atomic E-state index is 12.7. The third-order valence-corrected chi connectivity index (χ3v) is 7.00. The summed E-state index contributed by atoms with van der Waals surface area (Å²) in [4.78, 5) is 25.4. The van der Waals surface area contributed by atoms with Crippen LogP contribution in [-0.4, -0.2) is 78.1 Å². The van der Waals surface area contributed by atoms with Crippen molar-refractivity contribution in [2.24, 2.45) is 5.92 Å². The average molecular weight is 375 g/mol. The molecule has 0 aromatic heterocycles. The smallest absolute Gasteiger partial charge is 0.317 e. The number of carbonyl (C=O) groups excluding carboxylic acids is 1. The van der Waals surface area contributed by atoms with E-state index in [9.17, 15) is 18.0 Å². The van der Waals surface area contributed by atoms with E-state index in [2.05, 4.69) is 5.32 Å². The molecular weight excluding hydrogens is 346 g/mol. The average Bonchev–Trinajstić information content (AvgIpc) is 2.79. The number of nitrogens with one attached hydrogen (secondary N) is 1. The molecule has 1 amide bonds. The maximum atomic E-state index is 12.7. The highest BCUT2D eigenvalue weighted by atomic mass is 32.2. The molecule has 1 aliphatic heterocycles. The Kier molecular flexibility index (Phi) is 6.45. The number of carboxylic acid groups (broad SMARTS) is 1. The SMILES string of the molecule is CCN(CC(=O)O)C1CC(NC(=O)C(C(C)C)N2CCCS2(=O)=O)C1. The lowest BCUT2D eigenvalue weighted by Crippen LogP contribution is -2.59. The second kappa shape index (κ2) is 8.01. The fourth-order valence-corrected chi connectivity index (χ4v) is 5.52. The van der Waals surface area contributed by atoms with E-state index >= 15 is 0 Å². The zero-order valence-electron chi connectivity index (χ0n) is 15.1. The van der Waals surface area contributed by atoms with Crippen molar-refractivity contribution in [3.05, 3.63) is 0 Å². The number of aliphatic carboxylic acids is 1. The van der Waals surface area contributed by atoms with Crippen molar-refractivity contribution in [3.8, 4) is 0 Å². The van der Waals surface area contributed by atoms with Crippen LogP contribution in [0.5, 0.6) is 0 Å². The third kappa shape index (κ3) is 4.71. The van der Waals surface area contributed by atoms with Gasteiger partial charge in [0, 0.05) is 18.6 Å². The summed E-state index contributed by atoms with van der Waals surface area (Å²) in [6.07, 6.45) is 1.96. The first-order valence-corrected chi connectivity index (χ1v) is 10.5. The Hall–Kier alpha value is -1.19. The van der Waals surface area contributed by atoms with Crippen molar-refractivity contribution < 1.29 is 23.1 Å². The van der Waals surface area contributed by atoms with Crippen molar-refractivity contribution in [1.29, 1.82) is 0 Å². The third-order valence-electron chi connectivity index (χ3n) is 5.07. The molecule has 1 atom stereocenters. The standard InChI is InChI=1S/C16H29N3O5S/c1-4-18(10-14(20)21)13-8-12(9-13)17-16(22)15(11(2)3)19-6-5-7-25(19,23)24/h11-13,15H,4-10H2,1-3H3,(H,17,22)(H,20,21). The number of hydrogen-bond donors (Lipinski definition) is 2. The fourth-order valence-electron chi connectivity index (χ4n) is 3.70. The molecule has 1 saturated carbocycles. The van der Waals surface area contributed by atoms with Crippen LogP contribution in [-0.2, 0) is 19.6 Å². The highest BCUT2D eigenvalue weighted by Crippen LogP contribution is 2.27. The Balaban J connectivity index is 1.92. The monoisotopic (exact) mass is 375 g/mol. The van der Waals surface area contributed by atoms with Crippen molar-refractivity contribution in [1.82, 2.24) is 14.5 Å². The molecule has 0 aromatic carbocycles. The van der Waals surface area contributed by atoms with Crippen LogP contribution in [0.15, 0.2) is 0 Å². The number of hydrogen-bond acceptors (Lipinski definition) is 5. The van der Waals surface area contributed by atoms with Crippen LogP contribution >= 0.6 is 0 Å². The lowest BCUT2D eigenvalue weighted by Gasteiger charge is -2.43. The van der Waals surface area contributed by atoms with Gasteiger partial charge >= 0.3 is 5.97 Å². The normalized spacial score (nSPS) is 27.2. The van der Waals surface area contributed by atoms with Gasteiger partial charge < -0.3 is 10.4 Å². The van der Waals surface area contributed by atoms with Crippen molar-refractivity contribution >= 4 is 21.9 Å². The summed E-state index contributed by atoms with van der Waals surface area (Å²) in [6, 6.07) is -0.542. The van der Waals surface area contributed by atoms with Gasteiger partial charge in [-0.25, -0.2) is 8.42 Å². The van der Waals surface area contributed by atoms with Crippen LogP contribution in [0.3, 0.4) is 0 Å². The molecule has 25 heavy (non-hydrogen) atoms. The quantitative estimate of drug-likeness (QED) is 0.623. The minimum Gasteiger partial charge on any atom is -0.480 e. The maximum Gasteiger partial charge on any atom is 0.317 e. The van der Waals surface area contributed by atoms with Crippen molar-refractivity contribution in [2.75, 3.05) is 25.4 Å². The summed E-state index contributed by atoms with van der Waals surface area (Å²) in [6.45, 7) is 6.68. The molecule has 0 spiro atoms. The molecule has 0 bridgehead atoms. The van der Waals surface area contributed by atoms with Crippen LogP contribution in [0.1, 0.15) is 40.0 Å². The van der Waals surface area contributed by atoms with E-state index in [1.807, 2.05) is 25.7 Å². The minimum atomic E-state index is -3.34. The van der Waals surface area contributed by atoms with E-state index in [1.54, 1.807) is 0 Å². The molecule has 2 aliphatic rings.